The highest BCUT2D eigenvalue weighted by Crippen LogP contribution is 2.32. The van der Waals surface area contributed by atoms with Crippen molar-refractivity contribution in [3.8, 4) is 5.75 Å². The molecule has 4 rings (SSSR count). The SMILES string of the molecule is CCOc1ccccc1N(CC(=O)N(CCc1ccccc1)C(C)C(=O)NC1CCCCC1)S(=O)(=O)c1ccccc1. The van der Waals surface area contributed by atoms with Crippen LogP contribution in [0.3, 0.4) is 0 Å². The molecular formula is C33H41N3O5S. The Kier molecular flexibility index (Phi) is 11.0. The Hall–Kier alpha value is -3.85. The third kappa shape index (κ3) is 7.91. The van der Waals surface area contributed by atoms with Gasteiger partial charge in [0.2, 0.25) is 11.8 Å². The highest BCUT2D eigenvalue weighted by molar-refractivity contribution is 7.92. The molecule has 1 fully saturated rings. The molecule has 1 N–H and O–H groups in total. The number of rotatable bonds is 13. The van der Waals surface area contributed by atoms with Gasteiger partial charge in [0, 0.05) is 12.6 Å². The van der Waals surface area contributed by atoms with E-state index in [2.05, 4.69) is 5.32 Å². The predicted molar refractivity (Wildman–Crippen MR) is 165 cm³/mol. The number of hydrogen-bond acceptors (Lipinski definition) is 5. The van der Waals surface area contributed by atoms with Gasteiger partial charge in [-0.15, -0.1) is 0 Å². The molecule has 42 heavy (non-hydrogen) atoms. The van der Waals surface area contributed by atoms with Crippen LogP contribution in [0.5, 0.6) is 5.75 Å². The highest BCUT2D eigenvalue weighted by atomic mass is 32.2. The van der Waals surface area contributed by atoms with E-state index in [0.717, 1.165) is 35.6 Å². The van der Waals surface area contributed by atoms with Crippen LogP contribution in [0.4, 0.5) is 5.69 Å². The van der Waals surface area contributed by atoms with Crippen LogP contribution < -0.4 is 14.4 Å². The molecule has 0 saturated heterocycles. The molecule has 0 aliphatic heterocycles. The van der Waals surface area contributed by atoms with Crippen LogP contribution in [0.15, 0.2) is 89.8 Å². The predicted octanol–water partition coefficient (Wildman–Crippen LogP) is 5.19. The molecule has 8 nitrogen and oxygen atoms in total. The second-order valence-electron chi connectivity index (χ2n) is 10.6. The molecule has 1 aliphatic rings. The van der Waals surface area contributed by atoms with E-state index >= 15 is 0 Å². The molecule has 0 spiro atoms. The number of nitrogens with one attached hydrogen (secondary N) is 1. The second-order valence-corrected chi connectivity index (χ2v) is 12.4. The minimum Gasteiger partial charge on any atom is -0.492 e. The zero-order valence-corrected chi connectivity index (χ0v) is 25.3. The largest absolute Gasteiger partial charge is 0.492 e. The molecule has 0 radical (unpaired) electrons. The van der Waals surface area contributed by atoms with Gasteiger partial charge in [0.05, 0.1) is 17.2 Å². The molecule has 1 saturated carbocycles. The Morgan fingerprint density at radius 1 is 0.905 bits per heavy atom. The van der Waals surface area contributed by atoms with Gasteiger partial charge in [-0.2, -0.15) is 0 Å². The van der Waals surface area contributed by atoms with Crippen molar-refractivity contribution in [3.05, 3.63) is 90.5 Å². The summed E-state index contributed by atoms with van der Waals surface area (Å²) < 4.78 is 34.9. The topological polar surface area (TPSA) is 96.0 Å². The summed E-state index contributed by atoms with van der Waals surface area (Å²) in [6, 6.07) is 23.9. The third-order valence-corrected chi connectivity index (χ3v) is 9.42. The van der Waals surface area contributed by atoms with Crippen molar-refractivity contribution in [1.29, 1.82) is 0 Å². The molecule has 3 aromatic rings. The lowest BCUT2D eigenvalue weighted by atomic mass is 9.95. The molecule has 1 atom stereocenters. The lowest BCUT2D eigenvalue weighted by molar-refractivity contribution is -0.139. The van der Waals surface area contributed by atoms with E-state index in [1.165, 1.54) is 23.5 Å². The van der Waals surface area contributed by atoms with Gasteiger partial charge in [-0.3, -0.25) is 13.9 Å². The Balaban J connectivity index is 1.66. The van der Waals surface area contributed by atoms with Crippen molar-refractivity contribution >= 4 is 27.5 Å². The average Bonchev–Trinajstić information content (AvgIpc) is 3.02. The van der Waals surface area contributed by atoms with Gasteiger partial charge in [-0.25, -0.2) is 8.42 Å². The van der Waals surface area contributed by atoms with E-state index in [1.54, 1.807) is 49.4 Å². The fourth-order valence-corrected chi connectivity index (χ4v) is 6.76. The van der Waals surface area contributed by atoms with E-state index in [1.807, 2.05) is 37.3 Å². The number of hydrogen-bond donors (Lipinski definition) is 1. The van der Waals surface area contributed by atoms with Crippen molar-refractivity contribution in [1.82, 2.24) is 10.2 Å². The van der Waals surface area contributed by atoms with Crippen LogP contribution in [0.25, 0.3) is 0 Å². The quantitative estimate of drug-likeness (QED) is 0.295. The number of ether oxygens (including phenoxy) is 1. The summed E-state index contributed by atoms with van der Waals surface area (Å²) in [5.74, 6) is -0.343. The number of nitrogens with zero attached hydrogens (tertiary/aromatic N) is 2. The van der Waals surface area contributed by atoms with Crippen molar-refractivity contribution in [2.24, 2.45) is 0 Å². The van der Waals surface area contributed by atoms with Gasteiger partial charge in [0.1, 0.15) is 18.3 Å². The summed E-state index contributed by atoms with van der Waals surface area (Å²) in [4.78, 5) is 29.1. The first-order valence-corrected chi connectivity index (χ1v) is 16.2. The number of carbonyl (C=O) groups excluding carboxylic acids is 2. The minimum absolute atomic E-state index is 0.0584. The van der Waals surface area contributed by atoms with Crippen molar-refractivity contribution in [3.63, 3.8) is 0 Å². The van der Waals surface area contributed by atoms with Crippen molar-refractivity contribution in [2.75, 3.05) is 24.0 Å². The molecule has 1 unspecified atom stereocenters. The Morgan fingerprint density at radius 3 is 2.19 bits per heavy atom. The molecule has 1 aliphatic carbocycles. The number of carbonyl (C=O) groups is 2. The number of para-hydroxylation sites is 2. The summed E-state index contributed by atoms with van der Waals surface area (Å²) in [6.45, 7) is 3.62. The van der Waals surface area contributed by atoms with Crippen LogP contribution in [-0.2, 0) is 26.0 Å². The van der Waals surface area contributed by atoms with Crippen LogP contribution in [0.2, 0.25) is 0 Å². The van der Waals surface area contributed by atoms with E-state index in [4.69, 9.17) is 4.74 Å². The van der Waals surface area contributed by atoms with Crippen molar-refractivity contribution in [2.45, 2.75) is 69.4 Å². The van der Waals surface area contributed by atoms with Crippen LogP contribution in [0.1, 0.15) is 51.5 Å². The molecule has 9 heteroatoms. The van der Waals surface area contributed by atoms with Gasteiger partial charge in [-0.1, -0.05) is 79.9 Å². The van der Waals surface area contributed by atoms with E-state index in [-0.39, 0.29) is 29.1 Å². The smallest absolute Gasteiger partial charge is 0.264 e. The van der Waals surface area contributed by atoms with E-state index in [9.17, 15) is 18.0 Å². The highest BCUT2D eigenvalue weighted by Gasteiger charge is 2.34. The standard InChI is InChI=1S/C33H41N3O5S/c1-3-41-31-22-14-13-21-30(31)36(42(39,40)29-19-11-6-12-20-29)25-32(37)35(24-23-27-15-7-4-8-16-27)26(2)33(38)34-28-17-9-5-10-18-28/h4,6-8,11-16,19-22,26,28H,3,5,9-10,17-18,23-25H2,1-2H3,(H,34,38). The number of amides is 2. The van der Waals surface area contributed by atoms with Crippen LogP contribution in [0, 0.1) is 0 Å². The fourth-order valence-electron chi connectivity index (χ4n) is 5.31. The van der Waals surface area contributed by atoms with Gasteiger partial charge in [0.25, 0.3) is 10.0 Å². The minimum atomic E-state index is -4.15. The van der Waals surface area contributed by atoms with Gasteiger partial charge in [-0.05, 0) is 62.9 Å². The Morgan fingerprint density at radius 2 is 1.52 bits per heavy atom. The molecule has 3 aromatic carbocycles. The zero-order chi connectivity index (χ0) is 30.0. The van der Waals surface area contributed by atoms with E-state index in [0.29, 0.717) is 18.8 Å². The maximum Gasteiger partial charge on any atom is 0.264 e. The van der Waals surface area contributed by atoms with Gasteiger partial charge >= 0.3 is 0 Å². The normalized spacial score (nSPS) is 14.5. The first kappa shape index (κ1) is 31.1. The third-order valence-electron chi connectivity index (χ3n) is 7.65. The zero-order valence-electron chi connectivity index (χ0n) is 24.4. The van der Waals surface area contributed by atoms with Crippen LogP contribution >= 0.6 is 0 Å². The summed E-state index contributed by atoms with van der Waals surface area (Å²) in [6.07, 6.45) is 5.68. The number of anilines is 1. The van der Waals surface area contributed by atoms with Crippen LogP contribution in [-0.4, -0.2) is 56.9 Å². The number of benzene rings is 3. The number of sulfonamides is 1. The first-order chi connectivity index (χ1) is 20.3. The molecule has 0 bridgehead atoms. The first-order valence-electron chi connectivity index (χ1n) is 14.7. The fraction of sp³-hybridized carbons (Fsp3) is 0.394. The lowest BCUT2D eigenvalue weighted by Crippen LogP contribution is -2.53. The summed E-state index contributed by atoms with van der Waals surface area (Å²) in [7, 11) is -4.15. The van der Waals surface area contributed by atoms with E-state index < -0.39 is 28.5 Å². The summed E-state index contributed by atoms with van der Waals surface area (Å²) in [5, 5.41) is 3.13. The summed E-state index contributed by atoms with van der Waals surface area (Å²) in [5.41, 5.74) is 1.28. The second kappa shape index (κ2) is 14.9. The maximum absolute atomic E-state index is 14.1. The summed E-state index contributed by atoms with van der Waals surface area (Å²) >= 11 is 0. The molecule has 224 valence electrons. The Labute approximate surface area is 249 Å². The Bertz CT molecular complexity index is 1410. The van der Waals surface area contributed by atoms with Gasteiger partial charge < -0.3 is 15.0 Å². The average molecular weight is 592 g/mol. The molecule has 0 aromatic heterocycles. The molecular weight excluding hydrogens is 550 g/mol. The van der Waals surface area contributed by atoms with Gasteiger partial charge in [0.15, 0.2) is 0 Å². The monoisotopic (exact) mass is 591 g/mol. The maximum atomic E-state index is 14.1. The lowest BCUT2D eigenvalue weighted by Gasteiger charge is -2.33. The molecule has 2 amide bonds. The molecule has 0 heterocycles. The van der Waals surface area contributed by atoms with Crippen molar-refractivity contribution < 1.29 is 22.7 Å².